The molecular formula is C19H16Cl2N4O4. The molecule has 2 aromatic heterocycles. The number of anilines is 1. The maximum absolute atomic E-state index is 12.0. The van der Waals surface area contributed by atoms with E-state index in [1.54, 1.807) is 46.4 Å². The molecule has 0 radical (unpaired) electrons. The minimum Gasteiger partial charge on any atom is -0.480 e. The Morgan fingerprint density at radius 2 is 2.10 bits per heavy atom. The van der Waals surface area contributed by atoms with Crippen molar-refractivity contribution in [3.8, 4) is 5.69 Å². The molecule has 3 aromatic rings. The molecule has 0 saturated carbocycles. The average Bonchev–Trinajstić information content (AvgIpc) is 3.33. The third-order valence-electron chi connectivity index (χ3n) is 4.83. The highest BCUT2D eigenvalue weighted by molar-refractivity contribution is 6.45. The summed E-state index contributed by atoms with van der Waals surface area (Å²) in [5.74, 6) is -1.23. The van der Waals surface area contributed by atoms with E-state index in [1.165, 1.54) is 6.92 Å². The van der Waals surface area contributed by atoms with Crippen molar-refractivity contribution in [3.05, 3.63) is 47.0 Å². The number of carboxylic acids is 1. The van der Waals surface area contributed by atoms with E-state index in [1.807, 2.05) is 0 Å². The van der Waals surface area contributed by atoms with E-state index in [9.17, 15) is 14.7 Å². The summed E-state index contributed by atoms with van der Waals surface area (Å²) in [6.45, 7) is 1.61. The number of nitrogens with zero attached hydrogens (tertiary/aromatic N) is 4. The van der Waals surface area contributed by atoms with Crippen LogP contribution in [0.1, 0.15) is 13.3 Å². The Bertz CT molecular complexity index is 1100. The number of benzene rings is 1. The molecule has 1 N–H and O–H groups in total. The summed E-state index contributed by atoms with van der Waals surface area (Å²) in [5.41, 5.74) is 1.17. The van der Waals surface area contributed by atoms with Crippen LogP contribution in [-0.2, 0) is 14.3 Å². The van der Waals surface area contributed by atoms with E-state index in [-0.39, 0.29) is 5.02 Å². The molecule has 8 nitrogen and oxygen atoms in total. The van der Waals surface area contributed by atoms with Crippen molar-refractivity contribution in [1.29, 1.82) is 0 Å². The number of aromatic nitrogens is 3. The van der Waals surface area contributed by atoms with Crippen molar-refractivity contribution in [3.63, 3.8) is 0 Å². The topological polar surface area (TPSA) is 97.5 Å². The van der Waals surface area contributed by atoms with Crippen LogP contribution >= 0.6 is 23.2 Å². The van der Waals surface area contributed by atoms with Crippen molar-refractivity contribution in [2.24, 2.45) is 0 Å². The molecule has 1 fully saturated rings. The second kappa shape index (κ2) is 7.53. The SMILES string of the molecule is CC(=O)O[C@H]1CCN(c2cc(-n3ccnc3)c3ccc(Cl)c(Cl)c3n2)[C@@H]1C(=O)O. The molecule has 4 rings (SSSR count). The van der Waals surface area contributed by atoms with Crippen molar-refractivity contribution in [2.45, 2.75) is 25.5 Å². The Morgan fingerprint density at radius 1 is 1.31 bits per heavy atom. The van der Waals surface area contributed by atoms with Gasteiger partial charge in [-0.25, -0.2) is 14.8 Å². The monoisotopic (exact) mass is 434 g/mol. The molecular weight excluding hydrogens is 419 g/mol. The van der Waals surface area contributed by atoms with Gasteiger partial charge in [-0.1, -0.05) is 23.2 Å². The van der Waals surface area contributed by atoms with Gasteiger partial charge in [0.05, 0.1) is 27.6 Å². The summed E-state index contributed by atoms with van der Waals surface area (Å²) in [4.78, 5) is 33.6. The number of carbonyl (C=O) groups is 2. The highest BCUT2D eigenvalue weighted by Gasteiger charge is 2.42. The zero-order valence-corrected chi connectivity index (χ0v) is 16.8. The molecule has 1 aliphatic rings. The van der Waals surface area contributed by atoms with Crippen LogP contribution in [0.5, 0.6) is 0 Å². The molecule has 1 aromatic carbocycles. The Labute approximate surface area is 175 Å². The van der Waals surface area contributed by atoms with E-state index < -0.39 is 24.1 Å². The molecule has 3 heterocycles. The Balaban J connectivity index is 1.89. The van der Waals surface area contributed by atoms with Gasteiger partial charge in [0.2, 0.25) is 0 Å². The van der Waals surface area contributed by atoms with Crippen LogP contribution < -0.4 is 4.90 Å². The number of carbonyl (C=O) groups excluding carboxylic acids is 1. The number of halogens is 2. The van der Waals surface area contributed by atoms with E-state index >= 15 is 0 Å². The van der Waals surface area contributed by atoms with Crippen molar-refractivity contribution in [2.75, 3.05) is 11.4 Å². The fraction of sp³-hybridized carbons (Fsp3) is 0.263. The van der Waals surface area contributed by atoms with Crippen LogP contribution in [0.3, 0.4) is 0 Å². The van der Waals surface area contributed by atoms with Gasteiger partial charge in [0.15, 0.2) is 6.04 Å². The summed E-state index contributed by atoms with van der Waals surface area (Å²) in [7, 11) is 0. The number of ether oxygens (including phenoxy) is 1. The second-order valence-corrected chi connectivity index (χ2v) is 7.43. The van der Waals surface area contributed by atoms with Gasteiger partial charge in [0.25, 0.3) is 0 Å². The van der Waals surface area contributed by atoms with Gasteiger partial charge in [0, 0.05) is 43.7 Å². The first-order valence-electron chi connectivity index (χ1n) is 8.80. The third kappa shape index (κ3) is 3.49. The minimum atomic E-state index is -1.10. The molecule has 1 aliphatic heterocycles. The first-order chi connectivity index (χ1) is 13.9. The Morgan fingerprint density at radius 3 is 2.76 bits per heavy atom. The first-order valence-corrected chi connectivity index (χ1v) is 9.56. The number of carboxylic acid groups (broad SMARTS) is 1. The lowest BCUT2D eigenvalue weighted by molar-refractivity contribution is -0.151. The number of esters is 1. The number of rotatable bonds is 4. The number of aliphatic carboxylic acids is 1. The minimum absolute atomic E-state index is 0.273. The van der Waals surface area contributed by atoms with Gasteiger partial charge < -0.3 is 19.3 Å². The molecule has 10 heteroatoms. The van der Waals surface area contributed by atoms with E-state index in [0.29, 0.717) is 29.3 Å². The summed E-state index contributed by atoms with van der Waals surface area (Å²) in [6, 6.07) is 4.19. The molecule has 2 atom stereocenters. The van der Waals surface area contributed by atoms with Crippen LogP contribution in [0.15, 0.2) is 36.9 Å². The van der Waals surface area contributed by atoms with Gasteiger partial charge in [0.1, 0.15) is 11.9 Å². The van der Waals surface area contributed by atoms with Gasteiger partial charge in [-0.2, -0.15) is 0 Å². The van der Waals surface area contributed by atoms with E-state index in [0.717, 1.165) is 11.1 Å². The normalized spacial score (nSPS) is 18.9. The maximum atomic E-state index is 12.0. The molecule has 29 heavy (non-hydrogen) atoms. The number of hydrogen-bond donors (Lipinski definition) is 1. The predicted molar refractivity (Wildman–Crippen MR) is 108 cm³/mol. The molecule has 0 aliphatic carbocycles. The zero-order chi connectivity index (χ0) is 20.7. The highest BCUT2D eigenvalue weighted by atomic mass is 35.5. The quantitative estimate of drug-likeness (QED) is 0.628. The van der Waals surface area contributed by atoms with Crippen LogP contribution in [0.2, 0.25) is 10.0 Å². The number of pyridine rings is 1. The number of imidazole rings is 1. The van der Waals surface area contributed by atoms with E-state index in [2.05, 4.69) is 9.97 Å². The van der Waals surface area contributed by atoms with Crippen LogP contribution in [0.25, 0.3) is 16.6 Å². The summed E-state index contributed by atoms with van der Waals surface area (Å²) < 4.78 is 7.00. The molecule has 0 unspecified atom stereocenters. The van der Waals surface area contributed by atoms with Crippen LogP contribution in [0, 0.1) is 0 Å². The molecule has 150 valence electrons. The van der Waals surface area contributed by atoms with E-state index in [4.69, 9.17) is 27.9 Å². The average molecular weight is 435 g/mol. The zero-order valence-electron chi connectivity index (χ0n) is 15.2. The lowest BCUT2D eigenvalue weighted by atomic mass is 10.1. The van der Waals surface area contributed by atoms with Gasteiger partial charge in [-0.3, -0.25) is 4.79 Å². The Kier molecular flexibility index (Phi) is 5.06. The lowest BCUT2D eigenvalue weighted by Gasteiger charge is -2.26. The van der Waals surface area contributed by atoms with Crippen molar-refractivity contribution < 1.29 is 19.4 Å². The largest absolute Gasteiger partial charge is 0.480 e. The van der Waals surface area contributed by atoms with Crippen LogP contribution in [0.4, 0.5) is 5.82 Å². The van der Waals surface area contributed by atoms with Crippen molar-refractivity contribution >= 4 is 51.9 Å². The van der Waals surface area contributed by atoms with Gasteiger partial charge >= 0.3 is 11.9 Å². The van der Waals surface area contributed by atoms with Gasteiger partial charge in [-0.05, 0) is 12.1 Å². The molecule has 0 spiro atoms. The summed E-state index contributed by atoms with van der Waals surface area (Å²) in [6.07, 6.45) is 4.63. The summed E-state index contributed by atoms with van der Waals surface area (Å²) >= 11 is 12.6. The number of fused-ring (bicyclic) bond motifs is 1. The fourth-order valence-corrected chi connectivity index (χ4v) is 3.97. The fourth-order valence-electron chi connectivity index (χ4n) is 3.62. The van der Waals surface area contributed by atoms with Crippen LogP contribution in [-0.4, -0.2) is 50.3 Å². The Hall–Kier alpha value is -2.84. The second-order valence-electron chi connectivity index (χ2n) is 6.64. The summed E-state index contributed by atoms with van der Waals surface area (Å²) in [5, 5.41) is 11.1. The smallest absolute Gasteiger partial charge is 0.330 e. The third-order valence-corrected chi connectivity index (χ3v) is 5.62. The molecule has 1 saturated heterocycles. The first kappa shape index (κ1) is 19.5. The molecule has 0 amide bonds. The molecule has 0 bridgehead atoms. The standard InChI is InChI=1S/C19H16Cl2N4O4/c1-10(26)29-14-4-6-25(18(14)19(27)28)15-8-13(24-7-5-22-9-24)11-2-3-12(20)16(21)17(11)23-15/h2-3,5,7-9,14,18H,4,6H2,1H3,(H,27,28)/t14-,18-/m0/s1. The maximum Gasteiger partial charge on any atom is 0.330 e. The lowest BCUT2D eigenvalue weighted by Crippen LogP contribution is -2.43. The number of hydrogen-bond acceptors (Lipinski definition) is 6. The van der Waals surface area contributed by atoms with Crippen molar-refractivity contribution in [1.82, 2.24) is 14.5 Å². The van der Waals surface area contributed by atoms with Gasteiger partial charge in [-0.15, -0.1) is 0 Å². The predicted octanol–water partition coefficient (Wildman–Crippen LogP) is 3.32. The highest BCUT2D eigenvalue weighted by Crippen LogP contribution is 2.36.